The van der Waals surface area contributed by atoms with Crippen molar-refractivity contribution in [2.75, 3.05) is 20.8 Å². The first-order valence-corrected chi connectivity index (χ1v) is 11.1. The van der Waals surface area contributed by atoms with E-state index in [0.29, 0.717) is 13.0 Å². The highest BCUT2D eigenvalue weighted by Crippen LogP contribution is 2.59. The second-order valence-electron chi connectivity index (χ2n) is 9.71. The van der Waals surface area contributed by atoms with Crippen LogP contribution >= 0.6 is 0 Å². The van der Waals surface area contributed by atoms with E-state index in [9.17, 15) is 9.59 Å². The Morgan fingerprint density at radius 3 is 2.45 bits per heavy atom. The quantitative estimate of drug-likeness (QED) is 0.353. The fourth-order valence-corrected chi connectivity index (χ4v) is 4.99. The van der Waals surface area contributed by atoms with Crippen molar-refractivity contribution >= 4 is 12.1 Å². The zero-order valence-electron chi connectivity index (χ0n) is 19.7. The number of esters is 1. The molecule has 1 unspecified atom stereocenters. The Bertz CT molecular complexity index is 713. The van der Waals surface area contributed by atoms with Crippen molar-refractivity contribution in [3.8, 4) is 0 Å². The van der Waals surface area contributed by atoms with Crippen LogP contribution in [0, 0.1) is 11.8 Å². The molecule has 2 aliphatic heterocycles. The normalized spacial score (nSPS) is 37.2. The van der Waals surface area contributed by atoms with E-state index < -0.39 is 29.8 Å². The van der Waals surface area contributed by atoms with Gasteiger partial charge in [0.2, 0.25) is 0 Å². The molecule has 31 heavy (non-hydrogen) atoms. The molecule has 1 aliphatic carbocycles. The van der Waals surface area contributed by atoms with E-state index in [0.717, 1.165) is 12.8 Å². The van der Waals surface area contributed by atoms with Crippen LogP contribution in [-0.2, 0) is 28.5 Å². The van der Waals surface area contributed by atoms with E-state index in [2.05, 4.69) is 32.2 Å². The maximum Gasteiger partial charge on any atom is 0.408 e. The Hall–Kier alpha value is -1.64. The molecule has 8 heteroatoms. The number of nitrogens with one attached hydrogen (secondary N) is 1. The lowest BCUT2D eigenvalue weighted by molar-refractivity contribution is -0.144. The van der Waals surface area contributed by atoms with Gasteiger partial charge in [-0.1, -0.05) is 25.5 Å². The van der Waals surface area contributed by atoms with Crippen molar-refractivity contribution in [1.29, 1.82) is 0 Å². The van der Waals surface area contributed by atoms with Gasteiger partial charge >= 0.3 is 12.1 Å². The van der Waals surface area contributed by atoms with Gasteiger partial charge in [-0.3, -0.25) is 0 Å². The minimum absolute atomic E-state index is 0.0476. The molecule has 1 saturated carbocycles. The van der Waals surface area contributed by atoms with E-state index in [4.69, 9.17) is 23.7 Å². The number of hydrogen-bond donors (Lipinski definition) is 1. The third kappa shape index (κ3) is 4.91. The standard InChI is InChI=1S/C23H37NO7/c1-13(2)8-9-16-22(5,31-16)19-18(27-6)15(10-11-23(19)12-29-23)30-21(26)24-17(14(3)4)20(25)28-7/h8,14-19H,9-12H2,1-7H3,(H,24,26)/t15-,16-,17-,18?,19-,22+,23+/m1/s1. The van der Waals surface area contributed by atoms with Crippen LogP contribution in [0.25, 0.3) is 0 Å². The number of methoxy groups -OCH3 is 2. The van der Waals surface area contributed by atoms with Gasteiger partial charge in [-0.05, 0) is 46.0 Å². The average Bonchev–Trinajstić information content (AvgIpc) is 3.62. The summed E-state index contributed by atoms with van der Waals surface area (Å²) in [5.74, 6) is -0.674. The molecule has 176 valence electrons. The Kier molecular flexibility index (Phi) is 7.03. The number of rotatable bonds is 8. The van der Waals surface area contributed by atoms with Gasteiger partial charge in [-0.15, -0.1) is 0 Å². The van der Waals surface area contributed by atoms with Crippen LogP contribution in [0.3, 0.4) is 0 Å². The van der Waals surface area contributed by atoms with Gasteiger partial charge in [0.1, 0.15) is 29.5 Å². The summed E-state index contributed by atoms with van der Waals surface area (Å²) in [5.41, 5.74) is 0.580. The van der Waals surface area contributed by atoms with Crippen molar-refractivity contribution in [3.05, 3.63) is 11.6 Å². The largest absolute Gasteiger partial charge is 0.467 e. The van der Waals surface area contributed by atoms with Gasteiger partial charge in [0, 0.05) is 7.11 Å². The lowest BCUT2D eigenvalue weighted by atomic mass is 9.68. The fraction of sp³-hybridized carbons (Fsp3) is 0.826. The molecule has 3 rings (SSSR count). The summed E-state index contributed by atoms with van der Waals surface area (Å²) in [6.07, 6.45) is 3.04. The number of hydrogen-bond acceptors (Lipinski definition) is 7. The second kappa shape index (κ2) is 9.08. The summed E-state index contributed by atoms with van der Waals surface area (Å²) in [4.78, 5) is 24.6. The molecule has 1 spiro atoms. The third-order valence-corrected chi connectivity index (χ3v) is 6.89. The molecule has 8 nitrogen and oxygen atoms in total. The van der Waals surface area contributed by atoms with Crippen molar-refractivity contribution < 1.29 is 33.3 Å². The van der Waals surface area contributed by atoms with E-state index >= 15 is 0 Å². The molecule has 3 fully saturated rings. The molecule has 1 N–H and O–H groups in total. The van der Waals surface area contributed by atoms with Gasteiger partial charge in [-0.2, -0.15) is 0 Å². The Morgan fingerprint density at radius 2 is 1.94 bits per heavy atom. The second-order valence-corrected chi connectivity index (χ2v) is 9.71. The van der Waals surface area contributed by atoms with Gasteiger partial charge in [0.15, 0.2) is 0 Å². The highest BCUT2D eigenvalue weighted by molar-refractivity contribution is 5.81. The highest BCUT2D eigenvalue weighted by Gasteiger charge is 2.72. The summed E-state index contributed by atoms with van der Waals surface area (Å²) in [6, 6.07) is -0.770. The molecule has 0 aromatic heterocycles. The van der Waals surface area contributed by atoms with Crippen molar-refractivity contribution in [1.82, 2.24) is 5.32 Å². The summed E-state index contributed by atoms with van der Waals surface area (Å²) >= 11 is 0. The first-order chi connectivity index (χ1) is 14.6. The number of amides is 1. The smallest absolute Gasteiger partial charge is 0.408 e. The topological polar surface area (TPSA) is 98.9 Å². The van der Waals surface area contributed by atoms with Crippen LogP contribution in [0.4, 0.5) is 4.79 Å². The van der Waals surface area contributed by atoms with Gasteiger partial charge in [0.25, 0.3) is 0 Å². The fourth-order valence-electron chi connectivity index (χ4n) is 4.99. The molecule has 3 aliphatic rings. The van der Waals surface area contributed by atoms with Crippen molar-refractivity contribution in [3.63, 3.8) is 0 Å². The average molecular weight is 440 g/mol. The predicted octanol–water partition coefficient (Wildman–Crippen LogP) is 2.99. The number of ether oxygens (including phenoxy) is 5. The molecule has 0 bridgehead atoms. The van der Waals surface area contributed by atoms with Crippen molar-refractivity contribution in [2.45, 2.75) is 89.4 Å². The van der Waals surface area contributed by atoms with E-state index in [1.807, 2.05) is 13.8 Å². The van der Waals surface area contributed by atoms with Crippen LogP contribution in [0.5, 0.6) is 0 Å². The molecular formula is C23H37NO7. The summed E-state index contributed by atoms with van der Waals surface area (Å²) in [5, 5.41) is 2.64. The first-order valence-electron chi connectivity index (χ1n) is 11.1. The van der Waals surface area contributed by atoms with Crippen LogP contribution in [-0.4, -0.2) is 68.4 Å². The van der Waals surface area contributed by atoms with Gasteiger partial charge < -0.3 is 29.0 Å². The molecule has 2 heterocycles. The van der Waals surface area contributed by atoms with Gasteiger partial charge in [0.05, 0.1) is 25.7 Å². The molecule has 0 radical (unpaired) electrons. The minimum Gasteiger partial charge on any atom is -0.467 e. The monoisotopic (exact) mass is 439 g/mol. The zero-order valence-corrected chi connectivity index (χ0v) is 19.7. The molecule has 1 amide bonds. The Balaban J connectivity index is 1.71. The lowest BCUT2D eigenvalue weighted by Crippen LogP contribution is -2.56. The molecule has 0 aromatic rings. The number of carbonyl (C=O) groups is 2. The number of carbonyl (C=O) groups excluding carboxylic acids is 2. The lowest BCUT2D eigenvalue weighted by Gasteiger charge is -2.42. The SMILES string of the molecule is COC(=O)[C@H](NC(=O)O[C@@H]1CC[C@]2(CO2)[C@@H]([C@@]2(C)O[C@@H]2CC=C(C)C)C1OC)C(C)C. The summed E-state index contributed by atoms with van der Waals surface area (Å²) in [6.45, 7) is 10.6. The van der Waals surface area contributed by atoms with Crippen LogP contribution in [0.2, 0.25) is 0 Å². The summed E-state index contributed by atoms with van der Waals surface area (Å²) < 4.78 is 28.5. The van der Waals surface area contributed by atoms with E-state index in [1.165, 1.54) is 12.7 Å². The number of epoxide rings is 2. The Morgan fingerprint density at radius 1 is 1.26 bits per heavy atom. The zero-order chi connectivity index (χ0) is 23.0. The Labute approximate surface area is 185 Å². The van der Waals surface area contributed by atoms with Crippen molar-refractivity contribution in [2.24, 2.45) is 11.8 Å². The molecular weight excluding hydrogens is 402 g/mol. The minimum atomic E-state index is -0.770. The summed E-state index contributed by atoms with van der Waals surface area (Å²) in [7, 11) is 2.93. The molecule has 7 atom stereocenters. The van der Waals surface area contributed by atoms with E-state index in [1.54, 1.807) is 7.11 Å². The maximum atomic E-state index is 12.6. The maximum absolute atomic E-state index is 12.6. The first kappa shape index (κ1) is 24.0. The molecule has 2 saturated heterocycles. The molecule has 0 aromatic carbocycles. The van der Waals surface area contributed by atoms with Gasteiger partial charge in [-0.25, -0.2) is 9.59 Å². The number of allylic oxidation sites excluding steroid dienone is 1. The number of alkyl carbamates (subject to hydrolysis) is 1. The van der Waals surface area contributed by atoms with Crippen LogP contribution in [0.15, 0.2) is 11.6 Å². The van der Waals surface area contributed by atoms with Crippen LogP contribution in [0.1, 0.15) is 53.9 Å². The van der Waals surface area contributed by atoms with E-state index in [-0.39, 0.29) is 29.6 Å². The third-order valence-electron chi connectivity index (χ3n) is 6.89. The van der Waals surface area contributed by atoms with Crippen LogP contribution < -0.4 is 5.32 Å². The highest BCUT2D eigenvalue weighted by atomic mass is 16.6. The predicted molar refractivity (Wildman–Crippen MR) is 114 cm³/mol.